The van der Waals surface area contributed by atoms with Gasteiger partial charge in [-0.05, 0) is 19.8 Å². The summed E-state index contributed by atoms with van der Waals surface area (Å²) in [6.45, 7) is 2.52. The molecule has 0 unspecified atom stereocenters. The van der Waals surface area contributed by atoms with E-state index in [2.05, 4.69) is 20.3 Å². The molecule has 0 radical (unpaired) electrons. The van der Waals surface area contributed by atoms with Crippen LogP contribution in [0, 0.1) is 0 Å². The summed E-state index contributed by atoms with van der Waals surface area (Å²) in [5.74, 6) is 0.848. The van der Waals surface area contributed by atoms with Gasteiger partial charge >= 0.3 is 0 Å². The molecule has 0 atom stereocenters. The van der Waals surface area contributed by atoms with Gasteiger partial charge in [-0.1, -0.05) is 0 Å². The number of halogens is 1. The topological polar surface area (TPSA) is 82.6 Å². The lowest BCUT2D eigenvalue weighted by atomic mass is 10.6. The lowest BCUT2D eigenvalue weighted by Crippen LogP contribution is -2.42. The minimum Gasteiger partial charge on any atom is -0.355 e. The first-order chi connectivity index (χ1) is 7.57. The van der Waals surface area contributed by atoms with Gasteiger partial charge in [0.1, 0.15) is 0 Å². The van der Waals surface area contributed by atoms with Crippen molar-refractivity contribution in [1.29, 1.82) is 0 Å². The summed E-state index contributed by atoms with van der Waals surface area (Å²) in [5, 5.41) is 6.26. The van der Waals surface area contributed by atoms with Crippen molar-refractivity contribution in [3.63, 3.8) is 0 Å². The number of hydrogen-bond donors (Lipinski definition) is 3. The normalized spacial score (nSPS) is 16.2. The van der Waals surface area contributed by atoms with Crippen LogP contribution < -0.4 is 15.4 Å². The van der Waals surface area contributed by atoms with Crippen molar-refractivity contribution >= 4 is 40.0 Å². The quantitative estimate of drug-likeness (QED) is 0.261. The molecule has 17 heavy (non-hydrogen) atoms. The number of guanidine groups is 1. The number of nitrogens with zero attached hydrogens (tertiary/aromatic N) is 1. The lowest BCUT2D eigenvalue weighted by Gasteiger charge is -2.11. The van der Waals surface area contributed by atoms with Crippen LogP contribution in [0.15, 0.2) is 4.99 Å². The molecule has 0 aromatic rings. The van der Waals surface area contributed by atoms with Gasteiger partial charge in [0.05, 0.1) is 5.75 Å². The number of nitrogens with one attached hydrogen (secondary N) is 3. The molecule has 1 aliphatic rings. The van der Waals surface area contributed by atoms with Gasteiger partial charge < -0.3 is 10.6 Å². The Kier molecular flexibility index (Phi) is 8.05. The van der Waals surface area contributed by atoms with Crippen LogP contribution >= 0.6 is 24.0 Å². The van der Waals surface area contributed by atoms with Gasteiger partial charge in [-0.2, -0.15) is 0 Å². The Morgan fingerprint density at radius 3 is 2.47 bits per heavy atom. The molecule has 0 aliphatic heterocycles. The molecule has 1 rings (SSSR count). The SMILES string of the molecule is CCS(=O)(=O)NCCNC(=NC)NC1CC1.I. The van der Waals surface area contributed by atoms with E-state index in [0.717, 1.165) is 5.96 Å². The molecule has 0 amide bonds. The summed E-state index contributed by atoms with van der Waals surface area (Å²) in [6.07, 6.45) is 2.37. The highest BCUT2D eigenvalue weighted by Gasteiger charge is 2.21. The fourth-order valence-corrected chi connectivity index (χ4v) is 1.72. The van der Waals surface area contributed by atoms with Crippen molar-refractivity contribution in [2.24, 2.45) is 4.99 Å². The number of hydrogen-bond acceptors (Lipinski definition) is 3. The Balaban J connectivity index is 0.00000256. The second-order valence-electron chi connectivity index (χ2n) is 3.72. The average Bonchev–Trinajstić information content (AvgIpc) is 3.06. The molecule has 102 valence electrons. The van der Waals surface area contributed by atoms with E-state index in [4.69, 9.17) is 0 Å². The summed E-state index contributed by atoms with van der Waals surface area (Å²) < 4.78 is 24.7. The van der Waals surface area contributed by atoms with Crippen molar-refractivity contribution in [2.75, 3.05) is 25.9 Å². The van der Waals surface area contributed by atoms with Gasteiger partial charge in [-0.3, -0.25) is 4.99 Å². The number of aliphatic imine (C=N–C) groups is 1. The first-order valence-electron chi connectivity index (χ1n) is 5.52. The van der Waals surface area contributed by atoms with Crippen molar-refractivity contribution < 1.29 is 8.42 Å². The summed E-state index contributed by atoms with van der Waals surface area (Å²) in [5.41, 5.74) is 0. The Bertz CT molecular complexity index is 341. The third kappa shape index (κ3) is 7.77. The van der Waals surface area contributed by atoms with Crippen molar-refractivity contribution in [3.05, 3.63) is 0 Å². The fraction of sp³-hybridized carbons (Fsp3) is 0.889. The Morgan fingerprint density at radius 2 is 2.00 bits per heavy atom. The van der Waals surface area contributed by atoms with Crippen LogP contribution in [0.25, 0.3) is 0 Å². The highest BCUT2D eigenvalue weighted by atomic mass is 127. The molecule has 0 aromatic carbocycles. The Hall–Kier alpha value is -0.0900. The van der Waals surface area contributed by atoms with E-state index in [1.807, 2.05) is 0 Å². The number of rotatable bonds is 6. The first-order valence-corrected chi connectivity index (χ1v) is 7.17. The zero-order chi connectivity index (χ0) is 12.0. The average molecular weight is 376 g/mol. The molecule has 0 bridgehead atoms. The van der Waals surface area contributed by atoms with E-state index >= 15 is 0 Å². The molecule has 1 saturated carbocycles. The fourth-order valence-electron chi connectivity index (χ4n) is 1.11. The van der Waals surface area contributed by atoms with E-state index in [1.165, 1.54) is 12.8 Å². The molecule has 3 N–H and O–H groups in total. The molecular formula is C9H21IN4O2S. The standard InChI is InChI=1S/C9H20N4O2S.HI/c1-3-16(14,15)12-7-6-11-9(10-2)13-8-4-5-8;/h8,12H,3-7H2,1-2H3,(H2,10,11,13);1H. The van der Waals surface area contributed by atoms with Crippen LogP contribution in [-0.4, -0.2) is 46.3 Å². The summed E-state index contributed by atoms with van der Waals surface area (Å²) >= 11 is 0. The summed E-state index contributed by atoms with van der Waals surface area (Å²) in [4.78, 5) is 4.04. The zero-order valence-corrected chi connectivity index (χ0v) is 13.3. The summed E-state index contributed by atoms with van der Waals surface area (Å²) in [6, 6.07) is 0.540. The first kappa shape index (κ1) is 16.9. The van der Waals surface area contributed by atoms with Gasteiger partial charge in [-0.25, -0.2) is 13.1 Å². The monoisotopic (exact) mass is 376 g/mol. The van der Waals surface area contributed by atoms with E-state index in [-0.39, 0.29) is 29.7 Å². The van der Waals surface area contributed by atoms with E-state index in [1.54, 1.807) is 14.0 Å². The smallest absolute Gasteiger partial charge is 0.211 e. The molecule has 0 spiro atoms. The van der Waals surface area contributed by atoms with Gasteiger partial charge in [0.25, 0.3) is 0 Å². The minimum atomic E-state index is -3.09. The van der Waals surface area contributed by atoms with Gasteiger partial charge in [-0.15, -0.1) is 24.0 Å². The molecular weight excluding hydrogens is 355 g/mol. The van der Waals surface area contributed by atoms with Crippen LogP contribution in [0.4, 0.5) is 0 Å². The van der Waals surface area contributed by atoms with E-state index in [9.17, 15) is 8.42 Å². The zero-order valence-electron chi connectivity index (χ0n) is 10.2. The maximum absolute atomic E-state index is 11.1. The largest absolute Gasteiger partial charge is 0.355 e. The van der Waals surface area contributed by atoms with Crippen LogP contribution in [0.2, 0.25) is 0 Å². The van der Waals surface area contributed by atoms with E-state index in [0.29, 0.717) is 19.1 Å². The predicted octanol–water partition coefficient (Wildman–Crippen LogP) is -0.129. The predicted molar refractivity (Wildman–Crippen MR) is 80.4 cm³/mol. The van der Waals surface area contributed by atoms with Gasteiger partial charge in [0.2, 0.25) is 10.0 Å². The summed E-state index contributed by atoms with van der Waals surface area (Å²) in [7, 11) is -1.38. The van der Waals surface area contributed by atoms with Crippen LogP contribution in [0.5, 0.6) is 0 Å². The Labute approximate surface area is 120 Å². The van der Waals surface area contributed by atoms with E-state index < -0.39 is 10.0 Å². The van der Waals surface area contributed by atoms with Crippen molar-refractivity contribution in [3.8, 4) is 0 Å². The lowest BCUT2D eigenvalue weighted by molar-refractivity contribution is 0.582. The highest BCUT2D eigenvalue weighted by Crippen LogP contribution is 2.18. The molecule has 0 aromatic heterocycles. The molecule has 1 aliphatic carbocycles. The third-order valence-electron chi connectivity index (χ3n) is 2.26. The Morgan fingerprint density at radius 1 is 1.35 bits per heavy atom. The van der Waals surface area contributed by atoms with Crippen LogP contribution in [0.3, 0.4) is 0 Å². The second kappa shape index (κ2) is 8.09. The maximum atomic E-state index is 11.1. The molecule has 0 heterocycles. The van der Waals surface area contributed by atoms with Crippen molar-refractivity contribution in [2.45, 2.75) is 25.8 Å². The molecule has 6 nitrogen and oxygen atoms in total. The number of sulfonamides is 1. The maximum Gasteiger partial charge on any atom is 0.211 e. The van der Waals surface area contributed by atoms with Crippen molar-refractivity contribution in [1.82, 2.24) is 15.4 Å². The third-order valence-corrected chi connectivity index (χ3v) is 3.67. The van der Waals surface area contributed by atoms with Gasteiger partial charge in [0, 0.05) is 26.2 Å². The molecule has 8 heteroatoms. The van der Waals surface area contributed by atoms with Crippen LogP contribution in [0.1, 0.15) is 19.8 Å². The second-order valence-corrected chi connectivity index (χ2v) is 5.81. The van der Waals surface area contributed by atoms with Crippen LogP contribution in [-0.2, 0) is 10.0 Å². The van der Waals surface area contributed by atoms with Gasteiger partial charge in [0.15, 0.2) is 5.96 Å². The minimum absolute atomic E-state index is 0. The highest BCUT2D eigenvalue weighted by molar-refractivity contribution is 14.0. The molecule has 1 fully saturated rings. The molecule has 0 saturated heterocycles.